The van der Waals surface area contributed by atoms with Gasteiger partial charge in [-0.2, -0.15) is 17.6 Å². The summed E-state index contributed by atoms with van der Waals surface area (Å²) < 4.78 is 50.9. The minimum absolute atomic E-state index is 0.562. The first-order chi connectivity index (χ1) is 7.61. The topological polar surface area (TPSA) is 0 Å². The van der Waals surface area contributed by atoms with E-state index in [4.69, 9.17) is 0 Å². The Kier molecular flexibility index (Phi) is 2.81. The lowest BCUT2D eigenvalue weighted by Crippen LogP contribution is -2.15. The first-order valence-electron chi connectivity index (χ1n) is 4.75. The summed E-state index contributed by atoms with van der Waals surface area (Å²) in [5, 5.41) is 0. The van der Waals surface area contributed by atoms with E-state index in [1.807, 2.05) is 0 Å². The van der Waals surface area contributed by atoms with E-state index in [9.17, 15) is 17.6 Å². The summed E-state index contributed by atoms with van der Waals surface area (Å²) in [6.45, 7) is 0. The highest BCUT2D eigenvalue weighted by molar-refractivity contribution is 5.49. The van der Waals surface area contributed by atoms with E-state index in [2.05, 4.69) is 0 Å². The van der Waals surface area contributed by atoms with E-state index in [1.165, 1.54) is 24.3 Å². The molecular formula is C12H8F4. The van der Waals surface area contributed by atoms with E-state index in [0.29, 0.717) is 0 Å². The van der Waals surface area contributed by atoms with Gasteiger partial charge in [0.05, 0.1) is 0 Å². The van der Waals surface area contributed by atoms with Crippen molar-refractivity contribution in [3.8, 4) is 0 Å². The minimum Gasteiger partial charge on any atom is -0.173 e. The highest BCUT2D eigenvalue weighted by Crippen LogP contribution is 2.41. The Morgan fingerprint density at radius 3 is 1.38 bits per heavy atom. The lowest BCUT2D eigenvalue weighted by molar-refractivity contribution is 0.384. The number of hydrogen-bond donors (Lipinski definition) is 0. The summed E-state index contributed by atoms with van der Waals surface area (Å²) in [6, 6.07) is 0. The molecule has 0 saturated carbocycles. The molecule has 0 spiro atoms. The van der Waals surface area contributed by atoms with Gasteiger partial charge in [-0.05, 0) is 0 Å². The van der Waals surface area contributed by atoms with Crippen LogP contribution in [0.4, 0.5) is 17.6 Å². The van der Waals surface area contributed by atoms with Crippen LogP contribution in [0.15, 0.2) is 59.8 Å². The average molecular weight is 228 g/mol. The van der Waals surface area contributed by atoms with Crippen molar-refractivity contribution in [2.75, 3.05) is 0 Å². The number of allylic oxidation sites excluding steroid dienone is 8. The zero-order valence-corrected chi connectivity index (χ0v) is 8.13. The van der Waals surface area contributed by atoms with Gasteiger partial charge < -0.3 is 0 Å². The second kappa shape index (κ2) is 4.12. The van der Waals surface area contributed by atoms with Crippen LogP contribution in [-0.4, -0.2) is 0 Å². The van der Waals surface area contributed by atoms with Crippen LogP contribution in [0.3, 0.4) is 0 Å². The monoisotopic (exact) mass is 228 g/mol. The van der Waals surface area contributed by atoms with Crippen molar-refractivity contribution in [2.24, 2.45) is 11.8 Å². The zero-order valence-electron chi connectivity index (χ0n) is 8.13. The van der Waals surface area contributed by atoms with E-state index in [1.54, 1.807) is 12.2 Å². The molecule has 3 aliphatic carbocycles. The van der Waals surface area contributed by atoms with E-state index < -0.39 is 35.1 Å². The van der Waals surface area contributed by atoms with Crippen LogP contribution in [0.2, 0.25) is 0 Å². The van der Waals surface area contributed by atoms with Crippen LogP contribution in [0.1, 0.15) is 0 Å². The predicted octanol–water partition coefficient (Wildman–Crippen LogP) is 4.22. The fraction of sp³-hybridized carbons (Fsp3) is 0.167. The summed E-state index contributed by atoms with van der Waals surface area (Å²) in [4.78, 5) is 0. The van der Waals surface area contributed by atoms with Gasteiger partial charge in [-0.1, -0.05) is 36.5 Å². The molecule has 0 aliphatic heterocycles. The summed E-state index contributed by atoms with van der Waals surface area (Å²) in [7, 11) is 0. The van der Waals surface area contributed by atoms with Gasteiger partial charge in [-0.15, -0.1) is 0 Å². The van der Waals surface area contributed by atoms with Crippen molar-refractivity contribution >= 4 is 0 Å². The number of halogens is 4. The fourth-order valence-electron chi connectivity index (χ4n) is 1.94. The summed E-state index contributed by atoms with van der Waals surface area (Å²) in [5.74, 6) is -1.52. The van der Waals surface area contributed by atoms with Gasteiger partial charge in [-0.25, -0.2) is 0 Å². The third-order valence-electron chi connectivity index (χ3n) is 2.64. The minimum atomic E-state index is -2.04. The molecule has 2 atom stereocenters. The van der Waals surface area contributed by atoms with Gasteiger partial charge in [-0.3, -0.25) is 0 Å². The standard InChI is InChI=1S/C12H8F4/c13-11(14)9-7-3-1-2-4-8(6-5-7)10(9)12(15)16/h1-8H/b3-1-,4-2+. The first kappa shape index (κ1) is 10.9. The lowest BCUT2D eigenvalue weighted by Gasteiger charge is -2.25. The van der Waals surface area contributed by atoms with Crippen molar-refractivity contribution in [1.29, 1.82) is 0 Å². The van der Waals surface area contributed by atoms with Crippen molar-refractivity contribution in [3.05, 3.63) is 59.8 Å². The van der Waals surface area contributed by atoms with Gasteiger partial charge >= 0.3 is 0 Å². The van der Waals surface area contributed by atoms with Crippen LogP contribution in [0.5, 0.6) is 0 Å². The van der Waals surface area contributed by atoms with Crippen molar-refractivity contribution in [1.82, 2.24) is 0 Å². The van der Waals surface area contributed by atoms with Crippen molar-refractivity contribution in [2.45, 2.75) is 0 Å². The molecule has 0 heterocycles. The van der Waals surface area contributed by atoms with Gasteiger partial charge in [0.15, 0.2) is 0 Å². The second-order valence-electron chi connectivity index (χ2n) is 3.55. The van der Waals surface area contributed by atoms with Crippen LogP contribution >= 0.6 is 0 Å². The molecule has 0 aromatic heterocycles. The summed E-state index contributed by atoms with van der Waals surface area (Å²) in [6.07, 6.45) is 5.09. The molecule has 0 aromatic rings. The number of fused-ring (bicyclic) bond motifs is 2. The average Bonchev–Trinajstić information content (AvgIpc) is 2.16. The molecular weight excluding hydrogens is 220 g/mol. The normalized spacial score (nSPS) is 31.0. The molecule has 0 radical (unpaired) electrons. The summed E-state index contributed by atoms with van der Waals surface area (Å²) >= 11 is 0. The van der Waals surface area contributed by atoms with Crippen LogP contribution in [0.25, 0.3) is 0 Å². The molecule has 0 amide bonds. The smallest absolute Gasteiger partial charge is 0.173 e. The highest BCUT2D eigenvalue weighted by atomic mass is 19.3. The lowest BCUT2D eigenvalue weighted by atomic mass is 9.78. The Morgan fingerprint density at radius 2 is 1.06 bits per heavy atom. The maximum Gasteiger partial charge on any atom is 0.274 e. The van der Waals surface area contributed by atoms with Crippen LogP contribution in [-0.2, 0) is 0 Å². The Morgan fingerprint density at radius 1 is 0.688 bits per heavy atom. The highest BCUT2D eigenvalue weighted by Gasteiger charge is 2.31. The molecule has 3 rings (SSSR count). The molecule has 0 nitrogen and oxygen atoms in total. The van der Waals surface area contributed by atoms with E-state index in [-0.39, 0.29) is 0 Å². The van der Waals surface area contributed by atoms with Gasteiger partial charge in [0.25, 0.3) is 12.2 Å². The molecule has 2 unspecified atom stereocenters. The van der Waals surface area contributed by atoms with Crippen LogP contribution in [0, 0.1) is 11.8 Å². The third-order valence-corrected chi connectivity index (χ3v) is 2.64. The maximum absolute atomic E-state index is 12.7. The molecule has 0 saturated heterocycles. The quantitative estimate of drug-likeness (QED) is 0.430. The largest absolute Gasteiger partial charge is 0.274 e. The predicted molar refractivity (Wildman–Crippen MR) is 52.9 cm³/mol. The number of rotatable bonds is 0. The second-order valence-corrected chi connectivity index (χ2v) is 3.55. The van der Waals surface area contributed by atoms with E-state index in [0.717, 1.165) is 0 Å². The van der Waals surface area contributed by atoms with Gasteiger partial charge in [0.1, 0.15) is 0 Å². The molecule has 2 bridgehead atoms. The molecule has 4 heteroatoms. The number of hydrogen-bond acceptors (Lipinski definition) is 0. The molecule has 0 N–H and O–H groups in total. The molecule has 0 fully saturated rings. The molecule has 84 valence electrons. The Labute approximate surface area is 90.0 Å². The van der Waals surface area contributed by atoms with Gasteiger partial charge in [0.2, 0.25) is 0 Å². The van der Waals surface area contributed by atoms with Crippen molar-refractivity contribution < 1.29 is 17.6 Å². The molecule has 16 heavy (non-hydrogen) atoms. The Balaban J connectivity index is 2.67. The Hall–Kier alpha value is -1.58. The molecule has 0 aromatic carbocycles. The molecule has 3 aliphatic rings. The van der Waals surface area contributed by atoms with Gasteiger partial charge in [0, 0.05) is 23.0 Å². The third kappa shape index (κ3) is 1.75. The zero-order chi connectivity index (χ0) is 11.7. The fourth-order valence-corrected chi connectivity index (χ4v) is 1.94. The van der Waals surface area contributed by atoms with E-state index >= 15 is 0 Å². The maximum atomic E-state index is 12.7. The van der Waals surface area contributed by atoms with Crippen molar-refractivity contribution in [3.63, 3.8) is 0 Å². The van der Waals surface area contributed by atoms with Crippen LogP contribution < -0.4 is 0 Å². The summed E-state index contributed by atoms with van der Waals surface area (Å²) in [5.41, 5.74) is -1.12. The SMILES string of the molecule is FC(F)=C1C(=C(F)F)C2C=CC1/C=C\C=C\2. The Bertz CT molecular complexity index is 402. The first-order valence-corrected chi connectivity index (χ1v) is 4.75.